The Labute approximate surface area is 153 Å². The van der Waals surface area contributed by atoms with Crippen molar-refractivity contribution < 1.29 is 0 Å². The van der Waals surface area contributed by atoms with Crippen LogP contribution in [0.2, 0.25) is 0 Å². The maximum Gasteiger partial charge on any atom is 0.191 e. The topological polar surface area (TPSA) is 49.3 Å². The predicted octanol–water partition coefficient (Wildman–Crippen LogP) is 3.54. The Morgan fingerprint density at radius 2 is 2.23 bits per heavy atom. The molecule has 4 nitrogen and oxygen atoms in total. The third kappa shape index (κ3) is 5.57. The summed E-state index contributed by atoms with van der Waals surface area (Å²) >= 11 is 1.75. The molecule has 2 rings (SSSR count). The summed E-state index contributed by atoms with van der Waals surface area (Å²) in [5.74, 6) is 0.836. The predicted molar refractivity (Wildman–Crippen MR) is 105 cm³/mol. The number of thiophene rings is 1. The van der Waals surface area contributed by atoms with Gasteiger partial charge in [-0.1, -0.05) is 6.07 Å². The van der Waals surface area contributed by atoms with Crippen LogP contribution >= 0.6 is 35.3 Å². The molecule has 2 aromatic rings. The van der Waals surface area contributed by atoms with E-state index in [0.717, 1.165) is 18.9 Å². The van der Waals surface area contributed by atoms with Gasteiger partial charge in [0, 0.05) is 30.9 Å². The number of rotatable bonds is 5. The smallest absolute Gasteiger partial charge is 0.191 e. The van der Waals surface area contributed by atoms with E-state index in [0.29, 0.717) is 0 Å². The number of aromatic nitrogens is 1. The molecular weight excluding hydrogens is 407 g/mol. The summed E-state index contributed by atoms with van der Waals surface area (Å²) in [4.78, 5) is 9.70. The van der Waals surface area contributed by atoms with Gasteiger partial charge in [-0.15, -0.1) is 35.3 Å². The minimum Gasteiger partial charge on any atom is -0.356 e. The van der Waals surface area contributed by atoms with Crippen LogP contribution in [0.15, 0.2) is 41.0 Å². The van der Waals surface area contributed by atoms with Gasteiger partial charge in [0.1, 0.15) is 0 Å². The largest absolute Gasteiger partial charge is 0.356 e. The Hall–Kier alpha value is -1.15. The zero-order valence-electron chi connectivity index (χ0n) is 13.2. The molecule has 0 bridgehead atoms. The Kier molecular flexibility index (Phi) is 8.40. The molecule has 0 saturated heterocycles. The van der Waals surface area contributed by atoms with Crippen molar-refractivity contribution in [2.45, 2.75) is 26.3 Å². The van der Waals surface area contributed by atoms with E-state index in [2.05, 4.69) is 58.0 Å². The SMILES string of the molecule is CN=C(NCCc1ccncc1C)NC(C)c1cccs1.I. The average molecular weight is 430 g/mol. The minimum absolute atomic E-state index is 0. The highest BCUT2D eigenvalue weighted by Crippen LogP contribution is 2.17. The Bertz CT molecular complexity index is 584. The van der Waals surface area contributed by atoms with Gasteiger partial charge in [0.05, 0.1) is 6.04 Å². The van der Waals surface area contributed by atoms with Crippen LogP contribution in [0, 0.1) is 6.92 Å². The summed E-state index contributed by atoms with van der Waals surface area (Å²) in [6.07, 6.45) is 4.71. The lowest BCUT2D eigenvalue weighted by molar-refractivity contribution is 0.695. The first-order valence-electron chi connectivity index (χ1n) is 7.10. The maximum atomic E-state index is 4.28. The third-order valence-corrected chi connectivity index (χ3v) is 4.43. The van der Waals surface area contributed by atoms with E-state index in [1.54, 1.807) is 18.4 Å². The molecule has 22 heavy (non-hydrogen) atoms. The molecule has 0 fully saturated rings. The van der Waals surface area contributed by atoms with Crippen LogP contribution in [0.5, 0.6) is 0 Å². The molecule has 0 aliphatic heterocycles. The molecule has 6 heteroatoms. The molecule has 1 atom stereocenters. The fourth-order valence-corrected chi connectivity index (χ4v) is 2.84. The molecular formula is C16H23IN4S. The number of aliphatic imine (C=N–C) groups is 1. The van der Waals surface area contributed by atoms with Crippen LogP contribution in [0.25, 0.3) is 0 Å². The molecule has 2 N–H and O–H groups in total. The van der Waals surface area contributed by atoms with Crippen molar-refractivity contribution in [1.29, 1.82) is 0 Å². The van der Waals surface area contributed by atoms with Gasteiger partial charge in [-0.25, -0.2) is 0 Å². The zero-order valence-corrected chi connectivity index (χ0v) is 16.3. The first-order chi connectivity index (χ1) is 10.2. The monoisotopic (exact) mass is 430 g/mol. The van der Waals surface area contributed by atoms with Crippen molar-refractivity contribution in [3.05, 3.63) is 52.0 Å². The Balaban J connectivity index is 0.00000242. The molecule has 0 radical (unpaired) electrons. The molecule has 0 aromatic carbocycles. The summed E-state index contributed by atoms with van der Waals surface area (Å²) in [5.41, 5.74) is 2.55. The van der Waals surface area contributed by atoms with Gasteiger partial charge in [0.2, 0.25) is 0 Å². The fourth-order valence-electron chi connectivity index (χ4n) is 2.11. The number of halogens is 1. The highest BCUT2D eigenvalue weighted by molar-refractivity contribution is 14.0. The first kappa shape index (κ1) is 18.9. The van der Waals surface area contributed by atoms with Crippen molar-refractivity contribution in [2.24, 2.45) is 4.99 Å². The van der Waals surface area contributed by atoms with Crippen LogP contribution < -0.4 is 10.6 Å². The van der Waals surface area contributed by atoms with Gasteiger partial charge >= 0.3 is 0 Å². The molecule has 1 unspecified atom stereocenters. The van der Waals surface area contributed by atoms with E-state index < -0.39 is 0 Å². The number of nitrogens with zero attached hydrogens (tertiary/aromatic N) is 2. The van der Waals surface area contributed by atoms with E-state index in [9.17, 15) is 0 Å². The molecule has 0 saturated carbocycles. The summed E-state index contributed by atoms with van der Waals surface area (Å²) in [6.45, 7) is 5.08. The Morgan fingerprint density at radius 3 is 2.86 bits per heavy atom. The van der Waals surface area contributed by atoms with Crippen molar-refractivity contribution >= 4 is 41.3 Å². The van der Waals surface area contributed by atoms with Crippen molar-refractivity contribution in [3.63, 3.8) is 0 Å². The van der Waals surface area contributed by atoms with Crippen molar-refractivity contribution in [3.8, 4) is 0 Å². The quantitative estimate of drug-likeness (QED) is 0.434. The van der Waals surface area contributed by atoms with E-state index in [-0.39, 0.29) is 30.0 Å². The summed E-state index contributed by atoms with van der Waals surface area (Å²) in [6, 6.07) is 6.54. The van der Waals surface area contributed by atoms with Gasteiger partial charge in [-0.05, 0) is 48.9 Å². The number of hydrogen-bond donors (Lipinski definition) is 2. The molecule has 120 valence electrons. The van der Waals surface area contributed by atoms with Crippen LogP contribution in [0.4, 0.5) is 0 Å². The van der Waals surface area contributed by atoms with Crippen LogP contribution in [-0.2, 0) is 6.42 Å². The lowest BCUT2D eigenvalue weighted by Gasteiger charge is -2.17. The molecule has 0 amide bonds. The molecule has 2 heterocycles. The van der Waals surface area contributed by atoms with Crippen molar-refractivity contribution in [1.82, 2.24) is 15.6 Å². The van der Waals surface area contributed by atoms with E-state index in [1.165, 1.54) is 16.0 Å². The normalized spacial score (nSPS) is 12.4. The van der Waals surface area contributed by atoms with Gasteiger partial charge in [-0.3, -0.25) is 9.98 Å². The standard InChI is InChI=1S/C16H22N4S.HI/c1-12-11-18-8-6-14(12)7-9-19-16(17-3)20-13(2)15-5-4-10-21-15;/h4-6,8,10-11,13H,7,9H2,1-3H3,(H2,17,19,20);1H. The maximum absolute atomic E-state index is 4.28. The van der Waals surface area contributed by atoms with Gasteiger partial charge in [-0.2, -0.15) is 0 Å². The second kappa shape index (κ2) is 9.78. The number of guanidine groups is 1. The lowest BCUT2D eigenvalue weighted by Crippen LogP contribution is -2.39. The number of aryl methyl sites for hydroxylation is 1. The third-order valence-electron chi connectivity index (χ3n) is 3.37. The van der Waals surface area contributed by atoms with Crippen LogP contribution in [0.1, 0.15) is 29.0 Å². The molecule has 2 aromatic heterocycles. The van der Waals surface area contributed by atoms with E-state index >= 15 is 0 Å². The zero-order chi connectivity index (χ0) is 15.1. The first-order valence-corrected chi connectivity index (χ1v) is 7.98. The average Bonchev–Trinajstić information content (AvgIpc) is 3.02. The summed E-state index contributed by atoms with van der Waals surface area (Å²) < 4.78 is 0. The fraction of sp³-hybridized carbons (Fsp3) is 0.375. The molecule has 0 aliphatic carbocycles. The minimum atomic E-state index is 0. The van der Waals surface area contributed by atoms with Gasteiger partial charge in [0.25, 0.3) is 0 Å². The number of nitrogens with one attached hydrogen (secondary N) is 2. The van der Waals surface area contributed by atoms with Crippen LogP contribution in [-0.4, -0.2) is 24.5 Å². The van der Waals surface area contributed by atoms with Gasteiger partial charge < -0.3 is 10.6 Å². The highest BCUT2D eigenvalue weighted by atomic mass is 127. The summed E-state index contributed by atoms with van der Waals surface area (Å²) in [5, 5.41) is 8.86. The van der Waals surface area contributed by atoms with Crippen molar-refractivity contribution in [2.75, 3.05) is 13.6 Å². The Morgan fingerprint density at radius 1 is 1.41 bits per heavy atom. The number of pyridine rings is 1. The van der Waals surface area contributed by atoms with Crippen LogP contribution in [0.3, 0.4) is 0 Å². The highest BCUT2D eigenvalue weighted by Gasteiger charge is 2.08. The molecule has 0 spiro atoms. The van der Waals surface area contributed by atoms with E-state index in [1.807, 2.05) is 12.4 Å². The summed E-state index contributed by atoms with van der Waals surface area (Å²) in [7, 11) is 1.80. The second-order valence-corrected chi connectivity index (χ2v) is 5.91. The number of hydrogen-bond acceptors (Lipinski definition) is 3. The lowest BCUT2D eigenvalue weighted by atomic mass is 10.1. The molecule has 0 aliphatic rings. The second-order valence-electron chi connectivity index (χ2n) is 4.93. The van der Waals surface area contributed by atoms with Gasteiger partial charge in [0.15, 0.2) is 5.96 Å². The van der Waals surface area contributed by atoms with E-state index in [4.69, 9.17) is 0 Å².